The smallest absolute Gasteiger partial charge is 0.287 e. The van der Waals surface area contributed by atoms with Gasteiger partial charge in [0.1, 0.15) is 17.8 Å². The molecule has 4 rings (SSSR count). The van der Waals surface area contributed by atoms with Crippen molar-refractivity contribution in [2.45, 2.75) is 19.8 Å². The molecule has 0 aliphatic rings. The zero-order valence-electron chi connectivity index (χ0n) is 18.0. The van der Waals surface area contributed by atoms with Crippen LogP contribution in [0.2, 0.25) is 0 Å². The van der Waals surface area contributed by atoms with Gasteiger partial charge < -0.3 is 4.74 Å². The monoisotopic (exact) mass is 585 g/mol. The summed E-state index contributed by atoms with van der Waals surface area (Å²) in [5.41, 5.74) is 0.957. The maximum atomic E-state index is 13.1. The summed E-state index contributed by atoms with van der Waals surface area (Å²) in [6.45, 7) is 3.90. The molecule has 172 valence electrons. The first kappa shape index (κ1) is 23.7. The Morgan fingerprint density at radius 1 is 1.15 bits per heavy atom. The molecule has 0 radical (unpaired) electrons. The Bertz CT molecular complexity index is 1480. The van der Waals surface area contributed by atoms with Crippen LogP contribution in [0.5, 0.6) is 11.6 Å². The lowest BCUT2D eigenvalue weighted by Gasteiger charge is -2.12. The van der Waals surface area contributed by atoms with Crippen LogP contribution in [0.15, 0.2) is 73.6 Å². The van der Waals surface area contributed by atoms with Crippen molar-refractivity contribution in [1.82, 2.24) is 14.6 Å². The number of aromatic nitrogens is 3. The fourth-order valence-corrected chi connectivity index (χ4v) is 3.95. The maximum Gasteiger partial charge on any atom is 0.287 e. The highest BCUT2D eigenvalue weighted by Crippen LogP contribution is 2.30. The first-order valence-corrected chi connectivity index (χ1v) is 11.7. The second kappa shape index (κ2) is 9.82. The third-order valence-corrected chi connectivity index (χ3v) is 5.89. The van der Waals surface area contributed by atoms with E-state index in [4.69, 9.17) is 4.74 Å². The number of ether oxygens (including phenoxy) is 1. The van der Waals surface area contributed by atoms with Gasteiger partial charge in [-0.05, 0) is 57.9 Å². The lowest BCUT2D eigenvalue weighted by atomic mass is 10.2. The average Bonchev–Trinajstić information content (AvgIpc) is 2.80. The third-order valence-electron chi connectivity index (χ3n) is 4.77. The van der Waals surface area contributed by atoms with E-state index in [1.54, 1.807) is 36.5 Å². The van der Waals surface area contributed by atoms with Crippen molar-refractivity contribution in [1.29, 1.82) is 0 Å². The van der Waals surface area contributed by atoms with Gasteiger partial charge in [0.25, 0.3) is 11.2 Å². The zero-order valence-corrected chi connectivity index (χ0v) is 21.1. The number of fused-ring (bicyclic) bond motifs is 1. The number of rotatable bonds is 6. The van der Waals surface area contributed by atoms with E-state index in [9.17, 15) is 14.9 Å². The molecule has 2 aromatic heterocycles. The quantitative estimate of drug-likeness (QED) is 0.155. The van der Waals surface area contributed by atoms with Crippen LogP contribution in [0, 0.1) is 10.1 Å². The van der Waals surface area contributed by atoms with Crippen LogP contribution in [0.25, 0.3) is 10.9 Å². The highest BCUT2D eigenvalue weighted by atomic mass is 79.9. The summed E-state index contributed by atoms with van der Waals surface area (Å²) in [7, 11) is 0. The molecule has 2 aromatic carbocycles. The number of benzene rings is 2. The summed E-state index contributed by atoms with van der Waals surface area (Å²) in [5.74, 6) is 1.22. The third kappa shape index (κ3) is 5.05. The minimum atomic E-state index is -0.527. The van der Waals surface area contributed by atoms with Crippen LogP contribution in [0.1, 0.15) is 31.2 Å². The Morgan fingerprint density at radius 2 is 1.94 bits per heavy atom. The van der Waals surface area contributed by atoms with Crippen LogP contribution in [0.4, 0.5) is 5.69 Å². The predicted molar refractivity (Wildman–Crippen MR) is 136 cm³/mol. The summed E-state index contributed by atoms with van der Waals surface area (Å²) < 4.78 is 8.42. The van der Waals surface area contributed by atoms with E-state index < -0.39 is 4.92 Å². The minimum Gasteiger partial charge on any atom is -0.438 e. The molecule has 4 aromatic rings. The van der Waals surface area contributed by atoms with Gasteiger partial charge in [-0.25, -0.2) is 9.97 Å². The van der Waals surface area contributed by atoms with Crippen LogP contribution in [-0.4, -0.2) is 25.8 Å². The Kier molecular flexibility index (Phi) is 6.85. The van der Waals surface area contributed by atoms with E-state index in [-0.39, 0.29) is 23.0 Å². The van der Waals surface area contributed by atoms with E-state index >= 15 is 0 Å². The number of hydrogen-bond acceptors (Lipinski definition) is 7. The molecule has 2 heterocycles. The molecular formula is C23H17Br2N5O4. The van der Waals surface area contributed by atoms with Crippen molar-refractivity contribution < 1.29 is 9.66 Å². The van der Waals surface area contributed by atoms with Gasteiger partial charge in [-0.2, -0.15) is 9.78 Å². The molecule has 9 nitrogen and oxygen atoms in total. The molecule has 0 N–H and O–H groups in total. The normalized spacial score (nSPS) is 11.4. The van der Waals surface area contributed by atoms with Crippen molar-refractivity contribution in [2.75, 3.05) is 0 Å². The van der Waals surface area contributed by atoms with Gasteiger partial charge in [-0.3, -0.25) is 14.9 Å². The minimum absolute atomic E-state index is 0.0189. The first-order chi connectivity index (χ1) is 16.2. The number of nitrogens with zero attached hydrogens (tertiary/aromatic N) is 5. The van der Waals surface area contributed by atoms with E-state index in [2.05, 4.69) is 46.9 Å². The van der Waals surface area contributed by atoms with E-state index in [0.717, 1.165) is 10.7 Å². The Balaban J connectivity index is 1.63. The fourth-order valence-electron chi connectivity index (χ4n) is 3.11. The number of pyridine rings is 1. The second-order valence-electron chi connectivity index (χ2n) is 7.55. The van der Waals surface area contributed by atoms with Gasteiger partial charge in [-0.1, -0.05) is 29.8 Å². The Morgan fingerprint density at radius 3 is 2.59 bits per heavy atom. The van der Waals surface area contributed by atoms with E-state index in [1.165, 1.54) is 16.8 Å². The highest BCUT2D eigenvalue weighted by molar-refractivity contribution is 9.10. The first-order valence-electron chi connectivity index (χ1n) is 10.1. The molecule has 0 saturated heterocycles. The number of halogens is 2. The van der Waals surface area contributed by atoms with Gasteiger partial charge in [0.15, 0.2) is 0 Å². The molecule has 0 aliphatic heterocycles. The fraction of sp³-hybridized carbons (Fsp3) is 0.130. The van der Waals surface area contributed by atoms with E-state index in [0.29, 0.717) is 32.5 Å². The summed E-state index contributed by atoms with van der Waals surface area (Å²) in [6, 6.07) is 13.4. The molecule has 0 fully saturated rings. The number of nitro groups is 1. The predicted octanol–water partition coefficient (Wildman–Crippen LogP) is 6.02. The highest BCUT2D eigenvalue weighted by Gasteiger charge is 2.14. The number of hydrogen-bond donors (Lipinski definition) is 0. The Labute approximate surface area is 210 Å². The van der Waals surface area contributed by atoms with Gasteiger partial charge >= 0.3 is 0 Å². The molecule has 11 heteroatoms. The maximum absolute atomic E-state index is 13.1. The summed E-state index contributed by atoms with van der Waals surface area (Å²) in [6.07, 6.45) is 2.70. The topological polar surface area (TPSA) is 113 Å². The van der Waals surface area contributed by atoms with E-state index in [1.807, 2.05) is 19.9 Å². The molecule has 0 saturated carbocycles. The van der Waals surface area contributed by atoms with Crippen molar-refractivity contribution in [2.24, 2.45) is 5.10 Å². The van der Waals surface area contributed by atoms with Crippen LogP contribution in [0.3, 0.4) is 0 Å². The van der Waals surface area contributed by atoms with Gasteiger partial charge in [0.05, 0.1) is 26.5 Å². The molecule has 0 amide bonds. The molecule has 0 aliphatic carbocycles. The lowest BCUT2D eigenvalue weighted by Crippen LogP contribution is -2.23. The second-order valence-corrected chi connectivity index (χ2v) is 9.32. The van der Waals surface area contributed by atoms with Crippen LogP contribution in [-0.2, 0) is 0 Å². The molecular weight excluding hydrogens is 570 g/mol. The Hall–Kier alpha value is -3.44. The van der Waals surface area contributed by atoms with Crippen LogP contribution >= 0.6 is 31.9 Å². The summed E-state index contributed by atoms with van der Waals surface area (Å²) in [5, 5.41) is 15.7. The van der Waals surface area contributed by atoms with Crippen molar-refractivity contribution in [3.8, 4) is 11.6 Å². The molecule has 0 bridgehead atoms. The summed E-state index contributed by atoms with van der Waals surface area (Å²) >= 11 is 6.85. The van der Waals surface area contributed by atoms with Crippen LogP contribution < -0.4 is 10.3 Å². The zero-order chi connectivity index (χ0) is 24.4. The summed E-state index contributed by atoms with van der Waals surface area (Å²) in [4.78, 5) is 31.9. The standard InChI is InChI=1S/C23H17Br2N5O4/c1-13(2)22-28-19-6-4-15(24)10-17(19)23(31)29(22)27-11-14-3-7-20(18(25)9-14)34-21-8-5-16(12-26-21)30(32)33/h3-13H,1-2H3. The average molecular weight is 587 g/mol. The molecule has 0 atom stereocenters. The largest absolute Gasteiger partial charge is 0.438 e. The van der Waals surface area contributed by atoms with Gasteiger partial charge in [0, 0.05) is 22.5 Å². The van der Waals surface area contributed by atoms with Gasteiger partial charge in [-0.15, -0.1) is 0 Å². The SMILES string of the molecule is CC(C)c1nc2ccc(Br)cc2c(=O)n1N=Cc1ccc(Oc2ccc([N+](=O)[O-])cn2)c(Br)c1. The van der Waals surface area contributed by atoms with Crippen molar-refractivity contribution in [3.05, 3.63) is 95.5 Å². The van der Waals surface area contributed by atoms with Gasteiger partial charge in [0.2, 0.25) is 5.88 Å². The lowest BCUT2D eigenvalue weighted by molar-refractivity contribution is -0.385. The molecule has 34 heavy (non-hydrogen) atoms. The molecule has 0 unspecified atom stereocenters. The van der Waals surface area contributed by atoms with Crippen molar-refractivity contribution in [3.63, 3.8) is 0 Å². The molecule has 0 spiro atoms. The van der Waals surface area contributed by atoms with Crippen molar-refractivity contribution >= 4 is 54.7 Å².